The first-order valence-corrected chi connectivity index (χ1v) is 9.05. The Morgan fingerprint density at radius 2 is 2.07 bits per heavy atom. The Labute approximate surface area is 162 Å². The van der Waals surface area contributed by atoms with Crippen LogP contribution in [0.3, 0.4) is 0 Å². The number of hydrogen-bond acceptors (Lipinski definition) is 3. The molecule has 2 amide bonds. The van der Waals surface area contributed by atoms with Crippen molar-refractivity contribution in [2.24, 2.45) is 0 Å². The van der Waals surface area contributed by atoms with Crippen LogP contribution in [-0.4, -0.2) is 41.3 Å². The van der Waals surface area contributed by atoms with Crippen LogP contribution in [0.4, 0.5) is 14.9 Å². The predicted molar refractivity (Wildman–Crippen MR) is 105 cm³/mol. The van der Waals surface area contributed by atoms with Gasteiger partial charge in [0, 0.05) is 43.1 Å². The molecule has 0 radical (unpaired) electrons. The van der Waals surface area contributed by atoms with Crippen molar-refractivity contribution in [2.75, 3.05) is 25.1 Å². The minimum Gasteiger partial charge on any atom is -0.497 e. The molecule has 6 nitrogen and oxygen atoms in total. The van der Waals surface area contributed by atoms with E-state index in [9.17, 15) is 9.18 Å². The summed E-state index contributed by atoms with van der Waals surface area (Å²) in [5.41, 5.74) is 4.72. The highest BCUT2D eigenvalue weighted by Gasteiger charge is 2.30. The predicted octanol–water partition coefficient (Wildman–Crippen LogP) is 3.98. The number of urea groups is 1. The van der Waals surface area contributed by atoms with E-state index < -0.39 is 0 Å². The summed E-state index contributed by atoms with van der Waals surface area (Å²) < 4.78 is 18.8. The van der Waals surface area contributed by atoms with Crippen LogP contribution in [0.15, 0.2) is 48.8 Å². The molecule has 7 heteroatoms. The molecule has 0 spiro atoms. The van der Waals surface area contributed by atoms with E-state index in [0.717, 1.165) is 22.4 Å². The van der Waals surface area contributed by atoms with Gasteiger partial charge in [0.25, 0.3) is 0 Å². The second kappa shape index (κ2) is 7.34. The first-order chi connectivity index (χ1) is 13.5. The minimum atomic E-state index is -0.372. The largest absolute Gasteiger partial charge is 0.497 e. The lowest BCUT2D eigenvalue weighted by Gasteiger charge is -2.20. The highest BCUT2D eigenvalue weighted by molar-refractivity contribution is 5.94. The van der Waals surface area contributed by atoms with Gasteiger partial charge in [0.2, 0.25) is 0 Å². The lowest BCUT2D eigenvalue weighted by atomic mass is 10.0. The Kier molecular flexibility index (Phi) is 4.73. The molecule has 0 bridgehead atoms. The van der Waals surface area contributed by atoms with Gasteiger partial charge in [0.1, 0.15) is 11.6 Å². The summed E-state index contributed by atoms with van der Waals surface area (Å²) in [6, 6.07) is 10.4. The number of amides is 2. The standard InChI is InChI=1S/C21H21FN4O2/c1-14-7-18(3-4-20(14)16-11-23-24-12-16)26-6-5-25(21(26)27)13-15-8-17(22)10-19(9-15)28-2/h3-4,7-12H,5-6,13H2,1-2H3,(H,23,24). The van der Waals surface area contributed by atoms with Crippen LogP contribution < -0.4 is 9.64 Å². The number of anilines is 1. The number of H-pyrrole nitrogens is 1. The van der Waals surface area contributed by atoms with Gasteiger partial charge in [0.15, 0.2) is 0 Å². The first-order valence-electron chi connectivity index (χ1n) is 9.05. The van der Waals surface area contributed by atoms with Crippen LogP contribution in [0.1, 0.15) is 11.1 Å². The van der Waals surface area contributed by atoms with Gasteiger partial charge in [-0.3, -0.25) is 10.00 Å². The molecule has 1 aliphatic rings. The topological polar surface area (TPSA) is 61.5 Å². The number of nitrogens with one attached hydrogen (secondary N) is 1. The van der Waals surface area contributed by atoms with Gasteiger partial charge < -0.3 is 9.64 Å². The Hall–Kier alpha value is -3.35. The number of aromatic nitrogens is 2. The Morgan fingerprint density at radius 3 is 2.79 bits per heavy atom. The van der Waals surface area contributed by atoms with Gasteiger partial charge in [-0.2, -0.15) is 5.10 Å². The van der Waals surface area contributed by atoms with Crippen LogP contribution in [0.25, 0.3) is 11.1 Å². The van der Waals surface area contributed by atoms with E-state index in [1.165, 1.54) is 19.2 Å². The molecule has 4 rings (SSSR count). The van der Waals surface area contributed by atoms with Crippen molar-refractivity contribution in [3.8, 4) is 16.9 Å². The van der Waals surface area contributed by atoms with Crippen molar-refractivity contribution < 1.29 is 13.9 Å². The normalized spacial score (nSPS) is 14.0. The molecule has 1 fully saturated rings. The van der Waals surface area contributed by atoms with Crippen molar-refractivity contribution in [1.29, 1.82) is 0 Å². The number of aryl methyl sites for hydroxylation is 1. The highest BCUT2D eigenvalue weighted by atomic mass is 19.1. The molecular formula is C21H21FN4O2. The van der Waals surface area contributed by atoms with E-state index in [0.29, 0.717) is 30.9 Å². The molecular weight excluding hydrogens is 359 g/mol. The second-order valence-corrected chi connectivity index (χ2v) is 6.84. The Bertz CT molecular complexity index is 1000. The number of halogens is 1. The van der Waals surface area contributed by atoms with Crippen molar-refractivity contribution in [3.63, 3.8) is 0 Å². The van der Waals surface area contributed by atoms with Gasteiger partial charge in [0.05, 0.1) is 13.3 Å². The molecule has 28 heavy (non-hydrogen) atoms. The Morgan fingerprint density at radius 1 is 1.21 bits per heavy atom. The summed E-state index contributed by atoms with van der Waals surface area (Å²) in [5, 5.41) is 6.80. The molecule has 0 aliphatic carbocycles. The molecule has 2 aromatic carbocycles. The van der Waals surface area contributed by atoms with Gasteiger partial charge >= 0.3 is 6.03 Å². The van der Waals surface area contributed by atoms with Crippen LogP contribution in [0.5, 0.6) is 5.75 Å². The number of rotatable bonds is 5. The third-order valence-corrected chi connectivity index (χ3v) is 4.97. The van der Waals surface area contributed by atoms with E-state index in [1.54, 1.807) is 22.1 Å². The summed E-state index contributed by atoms with van der Waals surface area (Å²) in [7, 11) is 1.50. The quantitative estimate of drug-likeness (QED) is 0.728. The Balaban J connectivity index is 1.51. The summed E-state index contributed by atoms with van der Waals surface area (Å²) in [5.74, 6) is 0.0762. The minimum absolute atomic E-state index is 0.0845. The van der Waals surface area contributed by atoms with E-state index in [-0.39, 0.29) is 11.8 Å². The van der Waals surface area contributed by atoms with Gasteiger partial charge in [-0.05, 0) is 47.9 Å². The number of carbonyl (C=O) groups excluding carboxylic acids is 1. The van der Waals surface area contributed by atoms with E-state index in [2.05, 4.69) is 10.2 Å². The lowest BCUT2D eigenvalue weighted by molar-refractivity contribution is 0.218. The molecule has 0 unspecified atom stereocenters. The molecule has 0 atom stereocenters. The number of hydrogen-bond donors (Lipinski definition) is 1. The monoisotopic (exact) mass is 380 g/mol. The fourth-order valence-electron chi connectivity index (χ4n) is 3.56. The van der Waals surface area contributed by atoms with Gasteiger partial charge in [-0.15, -0.1) is 0 Å². The fourth-order valence-corrected chi connectivity index (χ4v) is 3.56. The lowest BCUT2D eigenvalue weighted by Crippen LogP contribution is -2.31. The van der Waals surface area contributed by atoms with Crippen molar-refractivity contribution in [3.05, 3.63) is 65.7 Å². The second-order valence-electron chi connectivity index (χ2n) is 6.84. The summed E-state index contributed by atoms with van der Waals surface area (Å²) in [6.45, 7) is 3.54. The summed E-state index contributed by atoms with van der Waals surface area (Å²) in [4.78, 5) is 16.4. The molecule has 1 saturated heterocycles. The van der Waals surface area contributed by atoms with Crippen molar-refractivity contribution in [2.45, 2.75) is 13.5 Å². The molecule has 1 aliphatic heterocycles. The van der Waals surface area contributed by atoms with Crippen LogP contribution in [-0.2, 0) is 6.54 Å². The zero-order chi connectivity index (χ0) is 19.7. The summed E-state index contributed by atoms with van der Waals surface area (Å²) >= 11 is 0. The van der Waals surface area contributed by atoms with Crippen molar-refractivity contribution >= 4 is 11.7 Å². The molecule has 3 aromatic rings. The third-order valence-electron chi connectivity index (χ3n) is 4.97. The molecule has 1 N–H and O–H groups in total. The fraction of sp³-hybridized carbons (Fsp3) is 0.238. The van der Waals surface area contributed by atoms with Crippen molar-refractivity contribution in [1.82, 2.24) is 15.1 Å². The molecule has 0 saturated carbocycles. The molecule has 1 aromatic heterocycles. The number of methoxy groups -OCH3 is 1. The summed E-state index contributed by atoms with van der Waals surface area (Å²) in [6.07, 6.45) is 3.62. The maximum atomic E-state index is 13.7. The van der Waals surface area contributed by atoms with E-state index in [4.69, 9.17) is 4.74 Å². The first kappa shape index (κ1) is 18.0. The van der Waals surface area contributed by atoms with Crippen LogP contribution in [0.2, 0.25) is 0 Å². The number of nitrogens with zero attached hydrogens (tertiary/aromatic N) is 3. The maximum Gasteiger partial charge on any atom is 0.324 e. The average molecular weight is 380 g/mol. The smallest absolute Gasteiger partial charge is 0.324 e. The zero-order valence-corrected chi connectivity index (χ0v) is 15.8. The third kappa shape index (κ3) is 3.43. The number of ether oxygens (including phenoxy) is 1. The van der Waals surface area contributed by atoms with Crippen LogP contribution >= 0.6 is 0 Å². The maximum absolute atomic E-state index is 13.7. The number of benzene rings is 2. The van der Waals surface area contributed by atoms with E-state index in [1.807, 2.05) is 31.3 Å². The van der Waals surface area contributed by atoms with E-state index >= 15 is 0 Å². The molecule has 2 heterocycles. The zero-order valence-electron chi connectivity index (χ0n) is 15.8. The number of aromatic amines is 1. The van der Waals surface area contributed by atoms with Gasteiger partial charge in [-0.25, -0.2) is 9.18 Å². The number of carbonyl (C=O) groups is 1. The molecule has 144 valence electrons. The van der Waals surface area contributed by atoms with Crippen LogP contribution in [0, 0.1) is 12.7 Å². The SMILES string of the molecule is COc1cc(F)cc(CN2CCN(c3ccc(-c4cn[nH]c4)c(C)c3)C2=O)c1. The van der Waals surface area contributed by atoms with Gasteiger partial charge in [-0.1, -0.05) is 6.07 Å². The average Bonchev–Trinajstić information content (AvgIpc) is 3.32. The highest BCUT2D eigenvalue weighted by Crippen LogP contribution is 2.29.